The zero-order valence-electron chi connectivity index (χ0n) is 24.2. The second-order valence-corrected chi connectivity index (χ2v) is 11.9. The first kappa shape index (κ1) is 28.4. The summed E-state index contributed by atoms with van der Waals surface area (Å²) in [6.07, 6.45) is 7.43. The molecule has 3 heterocycles. The van der Waals surface area contributed by atoms with E-state index in [1.165, 1.54) is 36.9 Å². The van der Waals surface area contributed by atoms with Gasteiger partial charge in [0, 0.05) is 64.1 Å². The number of ether oxygens (including phenoxy) is 3. The molecule has 7 heteroatoms. The minimum absolute atomic E-state index is 0.219. The molecule has 3 aliphatic rings. The molecule has 0 radical (unpaired) electrons. The fraction of sp³-hybridized carbons (Fsp3) is 0.625. The Balaban J connectivity index is 1.02. The molecule has 0 aromatic heterocycles. The second kappa shape index (κ2) is 13.5. The lowest BCUT2D eigenvalue weighted by Crippen LogP contribution is -2.66. The normalized spacial score (nSPS) is 25.5. The SMILES string of the molecule is CCCCC1COCC(C[C@H]2CNC3(CCN(Cc4ccc(Oc5ccc(N(C)C)cc5)cc4)CC3)CN2)O1. The van der Waals surface area contributed by atoms with E-state index in [0.717, 1.165) is 70.3 Å². The van der Waals surface area contributed by atoms with Crippen molar-refractivity contribution in [2.45, 2.75) is 75.8 Å². The Morgan fingerprint density at radius 1 is 0.974 bits per heavy atom. The summed E-state index contributed by atoms with van der Waals surface area (Å²) in [6.45, 7) is 9.01. The molecule has 214 valence electrons. The van der Waals surface area contributed by atoms with Gasteiger partial charge in [-0.15, -0.1) is 0 Å². The highest BCUT2D eigenvalue weighted by Crippen LogP contribution is 2.28. The zero-order chi connectivity index (χ0) is 27.1. The molecule has 3 fully saturated rings. The lowest BCUT2D eigenvalue weighted by atomic mass is 9.84. The highest BCUT2D eigenvalue weighted by Gasteiger charge is 2.38. The van der Waals surface area contributed by atoms with Gasteiger partial charge in [0.2, 0.25) is 0 Å². The van der Waals surface area contributed by atoms with Crippen LogP contribution in [0.3, 0.4) is 0 Å². The number of hydrogen-bond acceptors (Lipinski definition) is 7. The molecule has 1 spiro atoms. The third-order valence-corrected chi connectivity index (χ3v) is 8.60. The van der Waals surface area contributed by atoms with E-state index in [2.05, 4.69) is 63.8 Å². The molecule has 0 saturated carbocycles. The average Bonchev–Trinajstić information content (AvgIpc) is 2.96. The number of anilines is 1. The van der Waals surface area contributed by atoms with Gasteiger partial charge in [-0.1, -0.05) is 31.9 Å². The molecular formula is C32H48N4O3. The topological polar surface area (TPSA) is 58.2 Å². The number of piperidine rings is 1. The van der Waals surface area contributed by atoms with Crippen LogP contribution in [0.1, 0.15) is 51.0 Å². The summed E-state index contributed by atoms with van der Waals surface area (Å²) in [5.74, 6) is 1.74. The molecular weight excluding hydrogens is 488 g/mol. The number of nitrogens with one attached hydrogen (secondary N) is 2. The van der Waals surface area contributed by atoms with Crippen molar-refractivity contribution in [3.63, 3.8) is 0 Å². The van der Waals surface area contributed by atoms with E-state index in [1.807, 2.05) is 26.2 Å². The van der Waals surface area contributed by atoms with Crippen molar-refractivity contribution in [1.29, 1.82) is 0 Å². The summed E-state index contributed by atoms with van der Waals surface area (Å²) >= 11 is 0. The van der Waals surface area contributed by atoms with Crippen LogP contribution in [0.25, 0.3) is 0 Å². The summed E-state index contributed by atoms with van der Waals surface area (Å²) < 4.78 is 18.2. The van der Waals surface area contributed by atoms with Crippen molar-refractivity contribution >= 4 is 5.69 Å². The number of hydrogen-bond donors (Lipinski definition) is 2. The first-order chi connectivity index (χ1) is 19.0. The molecule has 0 amide bonds. The molecule has 39 heavy (non-hydrogen) atoms. The fourth-order valence-electron chi connectivity index (χ4n) is 6.05. The summed E-state index contributed by atoms with van der Waals surface area (Å²) in [5.41, 5.74) is 2.73. The Hall–Kier alpha value is -2.16. The van der Waals surface area contributed by atoms with Crippen LogP contribution in [-0.2, 0) is 16.0 Å². The highest BCUT2D eigenvalue weighted by atomic mass is 16.6. The quantitative estimate of drug-likeness (QED) is 0.452. The molecule has 3 saturated heterocycles. The maximum absolute atomic E-state index is 6.34. The predicted molar refractivity (Wildman–Crippen MR) is 158 cm³/mol. The van der Waals surface area contributed by atoms with Crippen LogP contribution in [0.2, 0.25) is 0 Å². The Kier molecular flexibility index (Phi) is 9.80. The molecule has 2 N–H and O–H groups in total. The molecule has 3 atom stereocenters. The fourth-order valence-corrected chi connectivity index (χ4v) is 6.05. The highest BCUT2D eigenvalue weighted by molar-refractivity contribution is 5.48. The van der Waals surface area contributed by atoms with E-state index >= 15 is 0 Å². The van der Waals surface area contributed by atoms with E-state index in [9.17, 15) is 0 Å². The maximum atomic E-state index is 6.34. The van der Waals surface area contributed by atoms with E-state index in [-0.39, 0.29) is 17.7 Å². The Morgan fingerprint density at radius 2 is 1.67 bits per heavy atom. The van der Waals surface area contributed by atoms with Gasteiger partial charge in [-0.3, -0.25) is 4.90 Å². The molecule has 2 aromatic rings. The standard InChI is InChI=1S/C32H48N4O3/c1-4-5-6-30-22-37-23-31(39-30)19-26-20-34-32(24-33-26)15-17-36(18-16-32)21-25-7-11-28(12-8-25)38-29-13-9-27(10-14-29)35(2)3/h7-14,26,30-31,33-34H,4-6,15-24H2,1-3H3/t26-,30?,31?/m0/s1. The van der Waals surface area contributed by atoms with Crippen molar-refractivity contribution < 1.29 is 14.2 Å². The summed E-state index contributed by atoms with van der Waals surface area (Å²) in [4.78, 5) is 4.67. The number of likely N-dealkylation sites (tertiary alicyclic amines) is 1. The molecule has 0 aliphatic carbocycles. The predicted octanol–water partition coefficient (Wildman–Crippen LogP) is 4.81. The minimum atomic E-state index is 0.219. The summed E-state index contributed by atoms with van der Waals surface area (Å²) in [5, 5.41) is 7.79. The smallest absolute Gasteiger partial charge is 0.127 e. The van der Waals surface area contributed by atoms with Crippen molar-refractivity contribution in [2.24, 2.45) is 0 Å². The van der Waals surface area contributed by atoms with Crippen molar-refractivity contribution in [3.8, 4) is 11.5 Å². The number of nitrogens with zero attached hydrogens (tertiary/aromatic N) is 2. The third-order valence-electron chi connectivity index (χ3n) is 8.60. The van der Waals surface area contributed by atoms with Gasteiger partial charge in [-0.05, 0) is 67.6 Å². The van der Waals surface area contributed by atoms with Gasteiger partial charge in [0.1, 0.15) is 11.5 Å². The minimum Gasteiger partial charge on any atom is -0.457 e. The van der Waals surface area contributed by atoms with Crippen molar-refractivity contribution in [1.82, 2.24) is 15.5 Å². The number of rotatable bonds is 10. The van der Waals surface area contributed by atoms with Crippen LogP contribution in [0.4, 0.5) is 5.69 Å². The number of piperazine rings is 1. The van der Waals surface area contributed by atoms with E-state index in [4.69, 9.17) is 14.2 Å². The Morgan fingerprint density at radius 3 is 2.31 bits per heavy atom. The van der Waals surface area contributed by atoms with E-state index in [1.54, 1.807) is 0 Å². The van der Waals surface area contributed by atoms with Crippen LogP contribution in [0.15, 0.2) is 48.5 Å². The van der Waals surface area contributed by atoms with Crippen LogP contribution in [0, 0.1) is 0 Å². The first-order valence-electron chi connectivity index (χ1n) is 15.0. The number of benzene rings is 2. The Labute approximate surface area is 235 Å². The second-order valence-electron chi connectivity index (χ2n) is 11.9. The van der Waals surface area contributed by atoms with Crippen molar-refractivity contribution in [3.05, 3.63) is 54.1 Å². The van der Waals surface area contributed by atoms with Gasteiger partial charge < -0.3 is 29.7 Å². The molecule has 0 bridgehead atoms. The molecule has 5 rings (SSSR count). The molecule has 3 aliphatic heterocycles. The maximum Gasteiger partial charge on any atom is 0.127 e. The van der Waals surface area contributed by atoms with Gasteiger partial charge in [0.15, 0.2) is 0 Å². The van der Waals surface area contributed by atoms with Crippen LogP contribution in [0.5, 0.6) is 11.5 Å². The van der Waals surface area contributed by atoms with Crippen molar-refractivity contribution in [2.75, 3.05) is 58.4 Å². The van der Waals surface area contributed by atoms with E-state index in [0.29, 0.717) is 6.04 Å². The third kappa shape index (κ3) is 7.95. The van der Waals surface area contributed by atoms with Crippen LogP contribution < -0.4 is 20.3 Å². The average molecular weight is 537 g/mol. The van der Waals surface area contributed by atoms with Gasteiger partial charge in [0.05, 0.1) is 25.4 Å². The number of unbranched alkanes of at least 4 members (excludes halogenated alkanes) is 1. The molecule has 2 aromatic carbocycles. The largest absolute Gasteiger partial charge is 0.457 e. The van der Waals surface area contributed by atoms with Gasteiger partial charge in [-0.2, -0.15) is 0 Å². The lowest BCUT2D eigenvalue weighted by molar-refractivity contribution is -0.144. The Bertz CT molecular complexity index is 995. The van der Waals surface area contributed by atoms with Crippen LogP contribution in [-0.4, -0.2) is 82.2 Å². The zero-order valence-corrected chi connectivity index (χ0v) is 24.2. The van der Waals surface area contributed by atoms with E-state index < -0.39 is 0 Å². The monoisotopic (exact) mass is 536 g/mol. The molecule has 2 unspecified atom stereocenters. The van der Waals surface area contributed by atoms with Gasteiger partial charge in [-0.25, -0.2) is 0 Å². The van der Waals surface area contributed by atoms with Gasteiger partial charge in [0.25, 0.3) is 0 Å². The lowest BCUT2D eigenvalue weighted by Gasteiger charge is -2.47. The summed E-state index contributed by atoms with van der Waals surface area (Å²) in [6, 6.07) is 17.2. The summed E-state index contributed by atoms with van der Waals surface area (Å²) in [7, 11) is 4.09. The van der Waals surface area contributed by atoms with Crippen LogP contribution >= 0.6 is 0 Å². The first-order valence-corrected chi connectivity index (χ1v) is 15.0. The molecule has 7 nitrogen and oxygen atoms in total. The van der Waals surface area contributed by atoms with Gasteiger partial charge >= 0.3 is 0 Å².